The predicted molar refractivity (Wildman–Crippen MR) is 85.3 cm³/mol. The summed E-state index contributed by atoms with van der Waals surface area (Å²) in [5, 5.41) is 4.94. The molecule has 1 amide bonds. The van der Waals surface area contributed by atoms with E-state index < -0.39 is 0 Å². The Kier molecular flexibility index (Phi) is 6.27. The fourth-order valence-corrected chi connectivity index (χ4v) is 3.11. The summed E-state index contributed by atoms with van der Waals surface area (Å²) in [5.41, 5.74) is 1.47. The first-order chi connectivity index (χ1) is 9.79. The van der Waals surface area contributed by atoms with Crippen molar-refractivity contribution < 1.29 is 4.79 Å². The van der Waals surface area contributed by atoms with Gasteiger partial charge in [-0.1, -0.05) is 31.1 Å². The van der Waals surface area contributed by atoms with Crippen LogP contribution in [0.2, 0.25) is 0 Å². The molecular weight excluding hydrogens is 268 g/mol. The second-order valence-electron chi connectivity index (χ2n) is 5.26. The van der Waals surface area contributed by atoms with Gasteiger partial charge in [0.2, 0.25) is 0 Å². The van der Waals surface area contributed by atoms with E-state index in [-0.39, 0.29) is 5.91 Å². The molecule has 0 spiro atoms. The summed E-state index contributed by atoms with van der Waals surface area (Å²) >= 11 is 1.49. The molecule has 0 fully saturated rings. The summed E-state index contributed by atoms with van der Waals surface area (Å²) in [6, 6.07) is 3.78. The van der Waals surface area contributed by atoms with Gasteiger partial charge in [0, 0.05) is 19.6 Å². The Morgan fingerprint density at radius 2 is 2.40 bits per heavy atom. The molecule has 2 rings (SSSR count). The number of nitrogens with zero attached hydrogens (tertiary/aromatic N) is 1. The molecule has 4 heteroatoms. The number of unbranched alkanes of at least 4 members (excludes halogenated alkanes) is 1. The van der Waals surface area contributed by atoms with Gasteiger partial charge in [-0.2, -0.15) is 0 Å². The summed E-state index contributed by atoms with van der Waals surface area (Å²) in [4.78, 5) is 15.1. The topological polar surface area (TPSA) is 32.3 Å². The van der Waals surface area contributed by atoms with Crippen molar-refractivity contribution >= 4 is 17.2 Å². The average molecular weight is 292 g/mol. The molecule has 2 heterocycles. The molecule has 0 radical (unpaired) electrons. The molecule has 1 N–H and O–H groups in total. The monoisotopic (exact) mass is 292 g/mol. The first-order valence-electron chi connectivity index (χ1n) is 7.51. The smallest absolute Gasteiger partial charge is 0.261 e. The lowest BCUT2D eigenvalue weighted by Crippen LogP contribution is -2.32. The molecule has 3 nitrogen and oxygen atoms in total. The maximum Gasteiger partial charge on any atom is 0.261 e. The summed E-state index contributed by atoms with van der Waals surface area (Å²) in [5.74, 6) is 0.0549. The third-order valence-electron chi connectivity index (χ3n) is 3.61. The standard InChI is InChI=1S/C16H24N2OS/c1-2-3-10-18-11-4-6-14(13-18)8-9-17-16(19)15-7-5-12-20-15/h5-7,12H,2-4,8-11,13H2,1H3,(H,17,19). The Morgan fingerprint density at radius 1 is 1.50 bits per heavy atom. The third-order valence-corrected chi connectivity index (χ3v) is 4.48. The highest BCUT2D eigenvalue weighted by atomic mass is 32.1. The van der Waals surface area contributed by atoms with E-state index in [4.69, 9.17) is 0 Å². The van der Waals surface area contributed by atoms with Crippen LogP contribution in [-0.4, -0.2) is 37.0 Å². The normalized spacial score (nSPS) is 15.9. The Bertz CT molecular complexity index is 439. The number of carbonyl (C=O) groups is 1. The van der Waals surface area contributed by atoms with Gasteiger partial charge >= 0.3 is 0 Å². The van der Waals surface area contributed by atoms with Crippen molar-refractivity contribution in [3.8, 4) is 0 Å². The second-order valence-corrected chi connectivity index (χ2v) is 6.21. The van der Waals surface area contributed by atoms with Crippen molar-refractivity contribution in [3.63, 3.8) is 0 Å². The Morgan fingerprint density at radius 3 is 3.15 bits per heavy atom. The molecule has 1 aromatic heterocycles. The zero-order chi connectivity index (χ0) is 14.2. The zero-order valence-corrected chi connectivity index (χ0v) is 13.0. The minimum absolute atomic E-state index is 0.0549. The molecular formula is C16H24N2OS. The molecule has 0 aliphatic carbocycles. The number of hydrogen-bond donors (Lipinski definition) is 1. The van der Waals surface area contributed by atoms with Gasteiger partial charge in [-0.25, -0.2) is 0 Å². The van der Waals surface area contributed by atoms with Crippen LogP contribution in [0.25, 0.3) is 0 Å². The van der Waals surface area contributed by atoms with Crippen LogP contribution in [-0.2, 0) is 0 Å². The molecule has 1 aliphatic rings. The second kappa shape index (κ2) is 8.22. The van der Waals surface area contributed by atoms with Crippen LogP contribution in [0.3, 0.4) is 0 Å². The van der Waals surface area contributed by atoms with Gasteiger partial charge in [0.05, 0.1) is 4.88 Å². The van der Waals surface area contributed by atoms with Gasteiger partial charge in [-0.15, -0.1) is 11.3 Å². The van der Waals surface area contributed by atoms with E-state index in [1.165, 1.54) is 42.8 Å². The number of rotatable bonds is 7. The van der Waals surface area contributed by atoms with Crippen LogP contribution in [0.15, 0.2) is 29.2 Å². The maximum atomic E-state index is 11.8. The van der Waals surface area contributed by atoms with Crippen LogP contribution in [0.5, 0.6) is 0 Å². The molecule has 0 atom stereocenters. The summed E-state index contributed by atoms with van der Waals surface area (Å²) in [7, 11) is 0. The minimum Gasteiger partial charge on any atom is -0.351 e. The van der Waals surface area contributed by atoms with Crippen LogP contribution < -0.4 is 5.32 Å². The predicted octanol–water partition coefficient (Wildman–Crippen LogP) is 3.30. The van der Waals surface area contributed by atoms with E-state index >= 15 is 0 Å². The largest absolute Gasteiger partial charge is 0.351 e. The number of amides is 1. The average Bonchev–Trinajstić information content (AvgIpc) is 3.00. The molecule has 1 aromatic rings. The number of thiophene rings is 1. The van der Waals surface area contributed by atoms with Gasteiger partial charge in [-0.3, -0.25) is 9.69 Å². The van der Waals surface area contributed by atoms with Gasteiger partial charge < -0.3 is 5.32 Å². The fourth-order valence-electron chi connectivity index (χ4n) is 2.47. The van der Waals surface area contributed by atoms with Crippen molar-refractivity contribution in [1.82, 2.24) is 10.2 Å². The molecule has 0 bridgehead atoms. The number of hydrogen-bond acceptors (Lipinski definition) is 3. The SMILES string of the molecule is CCCCN1CCC=C(CCNC(=O)c2cccs2)C1. The van der Waals surface area contributed by atoms with Crippen molar-refractivity contribution in [1.29, 1.82) is 0 Å². The van der Waals surface area contributed by atoms with E-state index in [9.17, 15) is 4.79 Å². The minimum atomic E-state index is 0.0549. The van der Waals surface area contributed by atoms with Gasteiger partial charge in [-0.05, 0) is 37.3 Å². The lowest BCUT2D eigenvalue weighted by molar-refractivity contribution is 0.0958. The first kappa shape index (κ1) is 15.3. The van der Waals surface area contributed by atoms with Crippen LogP contribution in [0, 0.1) is 0 Å². The Balaban J connectivity index is 1.69. The summed E-state index contributed by atoms with van der Waals surface area (Å²) in [6.07, 6.45) is 7.01. The molecule has 0 saturated heterocycles. The molecule has 110 valence electrons. The Labute approximate surface area is 125 Å². The zero-order valence-electron chi connectivity index (χ0n) is 12.2. The molecule has 0 unspecified atom stereocenters. The third kappa shape index (κ3) is 4.76. The van der Waals surface area contributed by atoms with Crippen molar-refractivity contribution in [2.45, 2.75) is 32.6 Å². The molecule has 0 aromatic carbocycles. The van der Waals surface area contributed by atoms with E-state index in [1.54, 1.807) is 0 Å². The summed E-state index contributed by atoms with van der Waals surface area (Å²) < 4.78 is 0. The highest BCUT2D eigenvalue weighted by molar-refractivity contribution is 7.12. The van der Waals surface area contributed by atoms with Gasteiger partial charge in [0.1, 0.15) is 0 Å². The maximum absolute atomic E-state index is 11.8. The lowest BCUT2D eigenvalue weighted by atomic mass is 10.1. The first-order valence-corrected chi connectivity index (χ1v) is 8.39. The summed E-state index contributed by atoms with van der Waals surface area (Å²) in [6.45, 7) is 6.44. The van der Waals surface area contributed by atoms with Crippen molar-refractivity contribution in [2.24, 2.45) is 0 Å². The van der Waals surface area contributed by atoms with E-state index in [0.29, 0.717) is 0 Å². The highest BCUT2D eigenvalue weighted by Crippen LogP contribution is 2.13. The van der Waals surface area contributed by atoms with E-state index in [0.717, 1.165) is 30.8 Å². The van der Waals surface area contributed by atoms with E-state index in [1.807, 2.05) is 17.5 Å². The molecule has 20 heavy (non-hydrogen) atoms. The van der Waals surface area contributed by atoms with Gasteiger partial charge in [0.15, 0.2) is 0 Å². The van der Waals surface area contributed by atoms with Crippen molar-refractivity contribution in [3.05, 3.63) is 34.0 Å². The van der Waals surface area contributed by atoms with Crippen LogP contribution in [0.4, 0.5) is 0 Å². The molecule has 0 saturated carbocycles. The lowest BCUT2D eigenvalue weighted by Gasteiger charge is -2.27. The highest BCUT2D eigenvalue weighted by Gasteiger charge is 2.12. The fraction of sp³-hybridized carbons (Fsp3) is 0.562. The Hall–Kier alpha value is -1.13. The number of nitrogens with one attached hydrogen (secondary N) is 1. The number of carbonyl (C=O) groups excluding carboxylic acids is 1. The van der Waals surface area contributed by atoms with Crippen LogP contribution >= 0.6 is 11.3 Å². The van der Waals surface area contributed by atoms with E-state index in [2.05, 4.69) is 23.2 Å². The van der Waals surface area contributed by atoms with Gasteiger partial charge in [0.25, 0.3) is 5.91 Å². The van der Waals surface area contributed by atoms with Crippen LogP contribution in [0.1, 0.15) is 42.3 Å². The van der Waals surface area contributed by atoms with Crippen molar-refractivity contribution in [2.75, 3.05) is 26.2 Å². The quantitative estimate of drug-likeness (QED) is 0.782. The molecule has 1 aliphatic heterocycles.